The van der Waals surface area contributed by atoms with Crippen LogP contribution in [-0.4, -0.2) is 20.8 Å². The number of hydrogen-bond donors (Lipinski definition) is 3. The first kappa shape index (κ1) is 12.6. The summed E-state index contributed by atoms with van der Waals surface area (Å²) in [6, 6.07) is -0.343. The molecule has 2 rings (SSSR count). The van der Waals surface area contributed by atoms with Crippen LogP contribution in [0.15, 0.2) is 17.5 Å². The summed E-state index contributed by atoms with van der Waals surface area (Å²) < 4.78 is 1.75. The number of hydrogen-bond acceptors (Lipinski definition) is 3. The van der Waals surface area contributed by atoms with E-state index in [2.05, 4.69) is 15.7 Å². The predicted octanol–water partition coefficient (Wildman–Crippen LogP) is 0.00662. The molecule has 0 saturated carbocycles. The number of nitrogens with two attached hydrogens (primary N) is 1. The molecule has 0 radical (unpaired) electrons. The van der Waals surface area contributed by atoms with Gasteiger partial charge in [-0.2, -0.15) is 5.10 Å². The quantitative estimate of drug-likeness (QED) is 0.656. The molecule has 0 bridgehead atoms. The van der Waals surface area contributed by atoms with Gasteiger partial charge in [-0.3, -0.25) is 9.48 Å². The standard InChI is InChI=1S/C11H15N5OS/c1-5-8(10(12)17)9(15-11(18)14-5)7-4-13-16(3)6(7)2/h4,9H,1-3H3,(H2,12,17)(H2,14,15,18)/t9-/m0/s1. The van der Waals surface area contributed by atoms with E-state index in [-0.39, 0.29) is 6.04 Å². The Morgan fingerprint density at radius 2 is 2.22 bits per heavy atom. The molecule has 7 heteroatoms. The second-order valence-electron chi connectivity index (χ2n) is 4.24. The van der Waals surface area contributed by atoms with Gasteiger partial charge in [-0.15, -0.1) is 0 Å². The highest BCUT2D eigenvalue weighted by Crippen LogP contribution is 2.27. The number of aryl methyl sites for hydroxylation is 1. The van der Waals surface area contributed by atoms with Gasteiger partial charge in [0.1, 0.15) is 0 Å². The molecule has 0 aliphatic carbocycles. The third-order valence-corrected chi connectivity index (χ3v) is 3.34. The van der Waals surface area contributed by atoms with Crippen molar-refractivity contribution in [2.75, 3.05) is 0 Å². The highest BCUT2D eigenvalue weighted by molar-refractivity contribution is 7.80. The minimum atomic E-state index is -0.469. The number of amides is 1. The molecule has 0 fully saturated rings. The molecule has 0 unspecified atom stereocenters. The van der Waals surface area contributed by atoms with Gasteiger partial charge in [0.05, 0.1) is 17.8 Å². The molecule has 0 aromatic carbocycles. The van der Waals surface area contributed by atoms with E-state index in [1.807, 2.05) is 14.0 Å². The average molecular weight is 265 g/mol. The number of primary amides is 1. The molecule has 1 amide bonds. The Balaban J connectivity index is 2.54. The van der Waals surface area contributed by atoms with Crippen LogP contribution in [0, 0.1) is 6.92 Å². The van der Waals surface area contributed by atoms with Gasteiger partial charge < -0.3 is 16.4 Å². The van der Waals surface area contributed by atoms with E-state index in [0.717, 1.165) is 11.3 Å². The van der Waals surface area contributed by atoms with Crippen molar-refractivity contribution in [1.29, 1.82) is 0 Å². The van der Waals surface area contributed by atoms with Crippen molar-refractivity contribution < 1.29 is 4.79 Å². The van der Waals surface area contributed by atoms with Gasteiger partial charge >= 0.3 is 0 Å². The maximum atomic E-state index is 11.6. The second-order valence-corrected chi connectivity index (χ2v) is 4.65. The maximum absolute atomic E-state index is 11.6. The number of aromatic nitrogens is 2. The Labute approximate surface area is 110 Å². The van der Waals surface area contributed by atoms with Crippen molar-refractivity contribution in [2.24, 2.45) is 12.8 Å². The molecular formula is C11H15N5OS. The number of thiocarbonyl (C=S) groups is 1. The molecular weight excluding hydrogens is 250 g/mol. The van der Waals surface area contributed by atoms with E-state index >= 15 is 0 Å². The lowest BCUT2D eigenvalue weighted by Gasteiger charge is -2.29. The lowest BCUT2D eigenvalue weighted by molar-refractivity contribution is -0.115. The van der Waals surface area contributed by atoms with Gasteiger partial charge in [0.25, 0.3) is 0 Å². The van der Waals surface area contributed by atoms with Crippen molar-refractivity contribution in [3.05, 3.63) is 28.7 Å². The van der Waals surface area contributed by atoms with Gasteiger partial charge in [-0.1, -0.05) is 0 Å². The largest absolute Gasteiger partial charge is 0.366 e. The fourth-order valence-electron chi connectivity index (χ4n) is 2.05. The average Bonchev–Trinajstić information content (AvgIpc) is 2.57. The second kappa shape index (κ2) is 4.41. The predicted molar refractivity (Wildman–Crippen MR) is 71.4 cm³/mol. The molecule has 18 heavy (non-hydrogen) atoms. The molecule has 0 saturated heterocycles. The van der Waals surface area contributed by atoms with E-state index in [9.17, 15) is 4.79 Å². The Morgan fingerprint density at radius 1 is 1.56 bits per heavy atom. The van der Waals surface area contributed by atoms with Crippen LogP contribution in [0.2, 0.25) is 0 Å². The summed E-state index contributed by atoms with van der Waals surface area (Å²) in [5.41, 5.74) is 8.47. The van der Waals surface area contributed by atoms with Crippen LogP contribution in [0.3, 0.4) is 0 Å². The number of nitrogens with zero attached hydrogens (tertiary/aromatic N) is 2. The molecule has 1 aliphatic rings. The summed E-state index contributed by atoms with van der Waals surface area (Å²) in [5, 5.41) is 10.6. The summed E-state index contributed by atoms with van der Waals surface area (Å²) in [5.74, 6) is -0.469. The Hall–Kier alpha value is -1.89. The SMILES string of the molecule is CC1=C(C(N)=O)[C@H](c2cnn(C)c2C)NC(=S)N1. The first-order valence-electron chi connectivity index (χ1n) is 5.48. The van der Waals surface area contributed by atoms with E-state index in [1.165, 1.54) is 0 Å². The lowest BCUT2D eigenvalue weighted by Crippen LogP contribution is -2.46. The normalized spacial score (nSPS) is 19.5. The van der Waals surface area contributed by atoms with Crippen molar-refractivity contribution in [2.45, 2.75) is 19.9 Å². The van der Waals surface area contributed by atoms with E-state index < -0.39 is 5.91 Å². The van der Waals surface area contributed by atoms with Gasteiger partial charge in [0.2, 0.25) is 5.91 Å². The van der Waals surface area contributed by atoms with Gasteiger partial charge in [0.15, 0.2) is 5.11 Å². The Kier molecular flexibility index (Phi) is 3.08. The first-order chi connectivity index (χ1) is 8.41. The zero-order valence-electron chi connectivity index (χ0n) is 10.4. The van der Waals surface area contributed by atoms with Crippen LogP contribution >= 0.6 is 12.2 Å². The zero-order chi connectivity index (χ0) is 13.4. The molecule has 1 aromatic rings. The van der Waals surface area contributed by atoms with Crippen LogP contribution < -0.4 is 16.4 Å². The minimum absolute atomic E-state index is 0.343. The zero-order valence-corrected chi connectivity index (χ0v) is 11.3. The summed E-state index contributed by atoms with van der Waals surface area (Å²) in [7, 11) is 1.85. The fraction of sp³-hybridized carbons (Fsp3) is 0.364. The number of carbonyl (C=O) groups excluding carboxylic acids is 1. The van der Waals surface area contributed by atoms with E-state index in [1.54, 1.807) is 17.8 Å². The molecule has 1 aliphatic heterocycles. The van der Waals surface area contributed by atoms with E-state index in [4.69, 9.17) is 18.0 Å². The minimum Gasteiger partial charge on any atom is -0.366 e. The molecule has 1 atom stereocenters. The third-order valence-electron chi connectivity index (χ3n) is 3.12. The molecule has 0 spiro atoms. The number of allylic oxidation sites excluding steroid dienone is 1. The van der Waals surface area contributed by atoms with Crippen LogP contribution in [-0.2, 0) is 11.8 Å². The molecule has 2 heterocycles. The topological polar surface area (TPSA) is 85.0 Å². The Bertz CT molecular complexity index is 560. The van der Waals surface area contributed by atoms with Crippen LogP contribution in [0.1, 0.15) is 24.2 Å². The lowest BCUT2D eigenvalue weighted by atomic mass is 9.96. The molecule has 1 aromatic heterocycles. The summed E-state index contributed by atoms with van der Waals surface area (Å²) in [6.45, 7) is 3.72. The Morgan fingerprint density at radius 3 is 2.72 bits per heavy atom. The van der Waals surface area contributed by atoms with Crippen molar-refractivity contribution in [3.8, 4) is 0 Å². The monoisotopic (exact) mass is 265 g/mol. The number of nitrogens with one attached hydrogen (secondary N) is 2. The molecule has 6 nitrogen and oxygen atoms in total. The maximum Gasteiger partial charge on any atom is 0.248 e. The van der Waals surface area contributed by atoms with Gasteiger partial charge in [-0.25, -0.2) is 0 Å². The number of carbonyl (C=O) groups is 1. The summed E-state index contributed by atoms with van der Waals surface area (Å²) >= 11 is 5.11. The van der Waals surface area contributed by atoms with Crippen molar-refractivity contribution in [1.82, 2.24) is 20.4 Å². The van der Waals surface area contributed by atoms with Crippen molar-refractivity contribution >= 4 is 23.2 Å². The van der Waals surface area contributed by atoms with Crippen LogP contribution in [0.5, 0.6) is 0 Å². The fourth-order valence-corrected chi connectivity index (χ4v) is 2.32. The van der Waals surface area contributed by atoms with Crippen LogP contribution in [0.4, 0.5) is 0 Å². The highest BCUT2D eigenvalue weighted by atomic mass is 32.1. The number of rotatable bonds is 2. The molecule has 4 N–H and O–H groups in total. The van der Waals surface area contributed by atoms with Gasteiger partial charge in [0, 0.05) is 24.0 Å². The third kappa shape index (κ3) is 1.97. The van der Waals surface area contributed by atoms with Gasteiger partial charge in [-0.05, 0) is 26.1 Å². The highest BCUT2D eigenvalue weighted by Gasteiger charge is 2.30. The first-order valence-corrected chi connectivity index (χ1v) is 5.89. The molecule has 96 valence electrons. The van der Waals surface area contributed by atoms with E-state index in [0.29, 0.717) is 16.4 Å². The summed E-state index contributed by atoms with van der Waals surface area (Å²) in [6.07, 6.45) is 1.72. The smallest absolute Gasteiger partial charge is 0.248 e. The van der Waals surface area contributed by atoms with Crippen molar-refractivity contribution in [3.63, 3.8) is 0 Å². The summed E-state index contributed by atoms with van der Waals surface area (Å²) in [4.78, 5) is 11.6. The van der Waals surface area contributed by atoms with Crippen LogP contribution in [0.25, 0.3) is 0 Å².